The van der Waals surface area contributed by atoms with Crippen molar-refractivity contribution in [1.82, 2.24) is 0 Å². The second-order valence-electron chi connectivity index (χ2n) is 4.34. The van der Waals surface area contributed by atoms with Crippen molar-refractivity contribution in [2.24, 2.45) is 5.92 Å². The number of nitrogens with one attached hydrogen (secondary N) is 2. The van der Waals surface area contributed by atoms with Gasteiger partial charge >= 0.3 is 6.09 Å². The molecule has 0 spiro atoms. The number of carbonyl (C=O) groups is 1. The lowest BCUT2D eigenvalue weighted by Gasteiger charge is -2.12. The summed E-state index contributed by atoms with van der Waals surface area (Å²) in [5.74, 6) is 0.0567. The Labute approximate surface area is 123 Å². The Balaban J connectivity index is 2.77. The molecule has 0 saturated heterocycles. The third-order valence-electron chi connectivity index (χ3n) is 2.34. The van der Waals surface area contributed by atoms with E-state index in [1.165, 1.54) is 13.2 Å². The zero-order chi connectivity index (χ0) is 15.2. The quantitative estimate of drug-likeness (QED) is 0.789. The number of alkyl halides is 1. The van der Waals surface area contributed by atoms with Crippen LogP contribution >= 0.6 is 11.6 Å². The molecule has 0 saturated carbocycles. The Bertz CT molecular complexity index is 562. The summed E-state index contributed by atoms with van der Waals surface area (Å²) in [6, 6.07) is 6.33. The van der Waals surface area contributed by atoms with Gasteiger partial charge in [0.25, 0.3) is 0 Å². The lowest BCUT2D eigenvalue weighted by Crippen LogP contribution is -2.22. The van der Waals surface area contributed by atoms with Gasteiger partial charge in [-0.05, 0) is 24.1 Å². The normalized spacial score (nSPS) is 12.6. The van der Waals surface area contributed by atoms with Gasteiger partial charge in [-0.2, -0.15) is 0 Å². The van der Waals surface area contributed by atoms with Gasteiger partial charge in [0.05, 0.1) is 18.6 Å². The summed E-state index contributed by atoms with van der Waals surface area (Å²) in [5.41, 5.74) is 0.795. The third kappa shape index (κ3) is 5.66. The fourth-order valence-corrected chi connectivity index (χ4v) is 3.14. The van der Waals surface area contributed by atoms with Crippen LogP contribution in [-0.2, 0) is 14.8 Å². The molecule has 0 bridgehead atoms. The lowest BCUT2D eigenvalue weighted by atomic mass is 10.3. The molecular weight excluding hydrogens is 304 g/mol. The number of benzene rings is 1. The molecule has 0 aliphatic carbocycles. The van der Waals surface area contributed by atoms with Crippen LogP contribution < -0.4 is 10.0 Å². The highest BCUT2D eigenvalue weighted by Crippen LogP contribution is 2.17. The molecule has 1 aromatic rings. The number of amides is 1. The maximum atomic E-state index is 11.9. The van der Waals surface area contributed by atoms with Crippen molar-refractivity contribution in [1.29, 1.82) is 0 Å². The first-order valence-electron chi connectivity index (χ1n) is 5.88. The minimum Gasteiger partial charge on any atom is -0.453 e. The van der Waals surface area contributed by atoms with Gasteiger partial charge in [0.1, 0.15) is 0 Å². The molecule has 20 heavy (non-hydrogen) atoms. The van der Waals surface area contributed by atoms with Crippen molar-refractivity contribution in [2.75, 3.05) is 28.8 Å². The molecule has 0 aromatic heterocycles. The zero-order valence-electron chi connectivity index (χ0n) is 11.2. The summed E-state index contributed by atoms with van der Waals surface area (Å²) < 4.78 is 30.6. The molecule has 0 aliphatic heterocycles. The van der Waals surface area contributed by atoms with E-state index in [4.69, 9.17) is 11.6 Å². The van der Waals surface area contributed by atoms with E-state index in [2.05, 4.69) is 14.8 Å². The number of sulfonamides is 1. The average Bonchev–Trinajstić information content (AvgIpc) is 2.37. The number of hydrogen-bond acceptors (Lipinski definition) is 4. The van der Waals surface area contributed by atoms with Gasteiger partial charge in [-0.15, -0.1) is 11.6 Å². The van der Waals surface area contributed by atoms with Crippen LogP contribution in [0.25, 0.3) is 0 Å². The average molecular weight is 321 g/mol. The van der Waals surface area contributed by atoms with Crippen molar-refractivity contribution >= 4 is 39.1 Å². The minimum absolute atomic E-state index is 0.0643. The monoisotopic (exact) mass is 320 g/mol. The van der Waals surface area contributed by atoms with E-state index in [9.17, 15) is 13.2 Å². The highest BCUT2D eigenvalue weighted by atomic mass is 35.5. The van der Waals surface area contributed by atoms with E-state index in [0.29, 0.717) is 11.4 Å². The van der Waals surface area contributed by atoms with Crippen LogP contribution in [-0.4, -0.2) is 33.3 Å². The predicted molar refractivity (Wildman–Crippen MR) is 79.8 cm³/mol. The Hall–Kier alpha value is -1.47. The number of rotatable bonds is 6. The second-order valence-corrected chi connectivity index (χ2v) is 6.42. The summed E-state index contributed by atoms with van der Waals surface area (Å²) in [4.78, 5) is 11.1. The summed E-state index contributed by atoms with van der Waals surface area (Å²) >= 11 is 5.61. The van der Waals surface area contributed by atoms with Gasteiger partial charge in [-0.3, -0.25) is 10.0 Å². The van der Waals surface area contributed by atoms with Crippen LogP contribution in [0.3, 0.4) is 0 Å². The van der Waals surface area contributed by atoms with Crippen molar-refractivity contribution in [3.05, 3.63) is 24.3 Å². The first kappa shape index (κ1) is 16.6. The molecule has 112 valence electrons. The van der Waals surface area contributed by atoms with Crippen LogP contribution in [0.4, 0.5) is 16.2 Å². The van der Waals surface area contributed by atoms with E-state index < -0.39 is 16.1 Å². The lowest BCUT2D eigenvalue weighted by molar-refractivity contribution is 0.187. The second kappa shape index (κ2) is 7.35. The number of carbonyl (C=O) groups excluding carboxylic acids is 1. The smallest absolute Gasteiger partial charge is 0.411 e. The molecule has 1 atom stereocenters. The van der Waals surface area contributed by atoms with Gasteiger partial charge in [0.2, 0.25) is 10.0 Å². The largest absolute Gasteiger partial charge is 0.453 e. The molecule has 2 N–H and O–H groups in total. The number of ether oxygens (including phenoxy) is 1. The van der Waals surface area contributed by atoms with E-state index >= 15 is 0 Å². The first-order chi connectivity index (χ1) is 9.36. The van der Waals surface area contributed by atoms with Crippen LogP contribution in [0.2, 0.25) is 0 Å². The van der Waals surface area contributed by atoms with Crippen LogP contribution in [0, 0.1) is 5.92 Å². The fraction of sp³-hybridized carbons (Fsp3) is 0.417. The minimum atomic E-state index is -3.48. The van der Waals surface area contributed by atoms with Crippen molar-refractivity contribution in [3.63, 3.8) is 0 Å². The Kier molecular flexibility index (Phi) is 6.09. The molecule has 0 aliphatic rings. The fourth-order valence-electron chi connectivity index (χ4n) is 1.47. The van der Waals surface area contributed by atoms with E-state index in [-0.39, 0.29) is 17.6 Å². The number of hydrogen-bond donors (Lipinski definition) is 2. The molecule has 0 radical (unpaired) electrons. The van der Waals surface area contributed by atoms with Gasteiger partial charge in [0.15, 0.2) is 0 Å². The van der Waals surface area contributed by atoms with Gasteiger partial charge in [0, 0.05) is 11.6 Å². The van der Waals surface area contributed by atoms with Crippen LogP contribution in [0.1, 0.15) is 6.92 Å². The van der Waals surface area contributed by atoms with Gasteiger partial charge < -0.3 is 4.74 Å². The molecule has 1 aromatic carbocycles. The van der Waals surface area contributed by atoms with Crippen LogP contribution in [0.5, 0.6) is 0 Å². The predicted octanol–water partition coefficient (Wildman–Crippen LogP) is 2.48. The molecular formula is C12H17ClN2O4S. The van der Waals surface area contributed by atoms with Crippen molar-refractivity contribution < 1.29 is 17.9 Å². The SMILES string of the molecule is COC(=O)Nc1cccc(NS(=O)(=O)CC(C)CCl)c1. The summed E-state index contributed by atoms with van der Waals surface area (Å²) in [6.45, 7) is 1.75. The molecule has 1 rings (SSSR count). The standard InChI is InChI=1S/C12H17ClN2O4S/c1-9(7-13)8-20(17,18)15-11-5-3-4-10(6-11)14-12(16)19-2/h3-6,9,15H,7-8H2,1-2H3,(H,14,16). The highest BCUT2D eigenvalue weighted by Gasteiger charge is 2.15. The van der Waals surface area contributed by atoms with E-state index in [1.807, 2.05) is 0 Å². The van der Waals surface area contributed by atoms with E-state index in [0.717, 1.165) is 0 Å². The Morgan fingerprint density at radius 1 is 1.40 bits per heavy atom. The number of halogens is 1. The molecule has 0 heterocycles. The highest BCUT2D eigenvalue weighted by molar-refractivity contribution is 7.92. The molecule has 1 amide bonds. The molecule has 1 unspecified atom stereocenters. The topological polar surface area (TPSA) is 84.5 Å². The van der Waals surface area contributed by atoms with Gasteiger partial charge in [-0.25, -0.2) is 13.2 Å². The Morgan fingerprint density at radius 3 is 2.65 bits per heavy atom. The summed E-state index contributed by atoms with van der Waals surface area (Å²) in [7, 11) is -2.23. The maximum absolute atomic E-state index is 11.9. The Morgan fingerprint density at radius 2 is 2.05 bits per heavy atom. The van der Waals surface area contributed by atoms with Crippen molar-refractivity contribution in [2.45, 2.75) is 6.92 Å². The van der Waals surface area contributed by atoms with Crippen LogP contribution in [0.15, 0.2) is 24.3 Å². The first-order valence-corrected chi connectivity index (χ1v) is 8.06. The molecule has 8 heteroatoms. The summed E-state index contributed by atoms with van der Waals surface area (Å²) in [5, 5.41) is 2.45. The number of anilines is 2. The van der Waals surface area contributed by atoms with Gasteiger partial charge in [-0.1, -0.05) is 13.0 Å². The molecule has 0 fully saturated rings. The summed E-state index contributed by atoms with van der Waals surface area (Å²) in [6.07, 6.45) is -0.624. The number of methoxy groups -OCH3 is 1. The zero-order valence-corrected chi connectivity index (χ0v) is 12.8. The van der Waals surface area contributed by atoms with E-state index in [1.54, 1.807) is 25.1 Å². The van der Waals surface area contributed by atoms with Crippen molar-refractivity contribution in [3.8, 4) is 0 Å². The maximum Gasteiger partial charge on any atom is 0.411 e. The molecule has 6 nitrogen and oxygen atoms in total. The third-order valence-corrected chi connectivity index (χ3v) is 4.42.